The fraction of sp³-hybridized carbons (Fsp3) is 0.556. The van der Waals surface area contributed by atoms with Crippen molar-refractivity contribution in [3.8, 4) is 10.7 Å². The first-order chi connectivity index (χ1) is 13.6. The molecule has 2 aliphatic rings. The molecule has 150 valence electrons. The lowest BCUT2D eigenvalue weighted by molar-refractivity contribution is -0.140. The van der Waals surface area contributed by atoms with Crippen LogP contribution >= 0.6 is 23.1 Å². The molecule has 0 aromatic carbocycles. The highest BCUT2D eigenvalue weighted by Crippen LogP contribution is 2.41. The highest BCUT2D eigenvalue weighted by molar-refractivity contribution is 7.99. The number of hydrogen-bond acceptors (Lipinski definition) is 7. The van der Waals surface area contributed by atoms with Crippen molar-refractivity contribution in [1.82, 2.24) is 24.6 Å². The number of thiophene rings is 1. The van der Waals surface area contributed by atoms with E-state index in [1.165, 1.54) is 16.7 Å². The van der Waals surface area contributed by atoms with Crippen LogP contribution in [-0.2, 0) is 14.3 Å². The van der Waals surface area contributed by atoms with E-state index < -0.39 is 0 Å². The van der Waals surface area contributed by atoms with Gasteiger partial charge in [-0.25, -0.2) is 0 Å². The van der Waals surface area contributed by atoms with Crippen molar-refractivity contribution in [2.75, 3.05) is 45.6 Å². The molecule has 4 rings (SSSR count). The number of aromatic nitrogens is 3. The average Bonchev–Trinajstić information content (AvgIpc) is 3.24. The topological polar surface area (TPSA) is 80.6 Å². The van der Waals surface area contributed by atoms with Crippen LogP contribution in [0.4, 0.5) is 0 Å². The zero-order valence-corrected chi connectivity index (χ0v) is 17.4. The third-order valence-corrected chi connectivity index (χ3v) is 6.60. The molecular formula is C18H23N5O3S2. The lowest BCUT2D eigenvalue weighted by Gasteiger charge is -2.28. The molecule has 2 fully saturated rings. The van der Waals surface area contributed by atoms with Gasteiger partial charge in [-0.1, -0.05) is 17.8 Å². The van der Waals surface area contributed by atoms with Gasteiger partial charge in [0, 0.05) is 26.2 Å². The summed E-state index contributed by atoms with van der Waals surface area (Å²) in [6.07, 6.45) is 2.23. The lowest BCUT2D eigenvalue weighted by atomic mass is 10.4. The Balaban J connectivity index is 1.35. The summed E-state index contributed by atoms with van der Waals surface area (Å²) in [5.74, 6) is 0.991. The normalized spacial score (nSPS) is 17.0. The van der Waals surface area contributed by atoms with Gasteiger partial charge in [0.15, 0.2) is 11.0 Å². The second kappa shape index (κ2) is 8.62. The highest BCUT2D eigenvalue weighted by atomic mass is 32.2. The van der Waals surface area contributed by atoms with E-state index in [0.29, 0.717) is 32.3 Å². The van der Waals surface area contributed by atoms with Crippen LogP contribution in [0.1, 0.15) is 18.9 Å². The van der Waals surface area contributed by atoms with E-state index >= 15 is 0 Å². The van der Waals surface area contributed by atoms with Crippen LogP contribution in [0.5, 0.6) is 0 Å². The zero-order chi connectivity index (χ0) is 19.5. The average molecular weight is 422 g/mol. The number of carbonyl (C=O) groups is 2. The van der Waals surface area contributed by atoms with Crippen molar-refractivity contribution in [3.63, 3.8) is 0 Å². The summed E-state index contributed by atoms with van der Waals surface area (Å²) in [7, 11) is 1.67. The smallest absolute Gasteiger partial charge is 0.242 e. The predicted molar refractivity (Wildman–Crippen MR) is 107 cm³/mol. The third-order valence-electron chi connectivity index (χ3n) is 4.80. The Labute approximate surface area is 171 Å². The van der Waals surface area contributed by atoms with E-state index in [0.717, 1.165) is 28.7 Å². The van der Waals surface area contributed by atoms with Crippen LogP contribution in [0.15, 0.2) is 22.7 Å². The monoisotopic (exact) mass is 421 g/mol. The number of morpholine rings is 1. The number of hydrogen-bond donors (Lipinski definition) is 0. The first kappa shape index (κ1) is 19.4. The highest BCUT2D eigenvalue weighted by Gasteiger charge is 2.31. The SMILES string of the molecule is CN(CC(=O)N1CCOCC1)C(=O)CSc1nnc(-c2cccs2)n1C1CC1. The van der Waals surface area contributed by atoms with Crippen LogP contribution in [0.3, 0.4) is 0 Å². The van der Waals surface area contributed by atoms with Gasteiger partial charge in [0.25, 0.3) is 0 Å². The number of rotatable bonds is 7. The molecule has 0 atom stereocenters. The summed E-state index contributed by atoms with van der Waals surface area (Å²) >= 11 is 3.03. The second-order valence-corrected chi connectivity index (χ2v) is 8.81. The Morgan fingerprint density at radius 2 is 2.11 bits per heavy atom. The minimum absolute atomic E-state index is 0.0368. The lowest BCUT2D eigenvalue weighted by Crippen LogP contribution is -2.46. The van der Waals surface area contributed by atoms with Gasteiger partial charge in [-0.15, -0.1) is 21.5 Å². The van der Waals surface area contributed by atoms with E-state index in [2.05, 4.69) is 14.8 Å². The number of amides is 2. The van der Waals surface area contributed by atoms with Crippen molar-refractivity contribution in [1.29, 1.82) is 0 Å². The fourth-order valence-electron chi connectivity index (χ4n) is 3.05. The predicted octanol–water partition coefficient (Wildman–Crippen LogP) is 1.75. The quantitative estimate of drug-likeness (QED) is 0.634. The molecular weight excluding hydrogens is 398 g/mol. The van der Waals surface area contributed by atoms with Gasteiger partial charge in [0.05, 0.1) is 30.4 Å². The minimum atomic E-state index is -0.0883. The van der Waals surface area contributed by atoms with Crippen LogP contribution < -0.4 is 0 Å². The van der Waals surface area contributed by atoms with Gasteiger partial charge in [0.2, 0.25) is 11.8 Å². The maximum atomic E-state index is 12.5. The number of thioether (sulfide) groups is 1. The van der Waals surface area contributed by atoms with Gasteiger partial charge >= 0.3 is 0 Å². The summed E-state index contributed by atoms with van der Waals surface area (Å²) in [5, 5.41) is 11.5. The molecule has 1 saturated carbocycles. The summed E-state index contributed by atoms with van der Waals surface area (Å²) in [4.78, 5) is 29.2. The largest absolute Gasteiger partial charge is 0.378 e. The molecule has 0 bridgehead atoms. The summed E-state index contributed by atoms with van der Waals surface area (Å²) in [6, 6.07) is 4.46. The summed E-state index contributed by atoms with van der Waals surface area (Å²) in [5.41, 5.74) is 0. The number of likely N-dealkylation sites (N-methyl/N-ethyl adjacent to an activating group) is 1. The molecule has 1 saturated heterocycles. The molecule has 0 unspecified atom stereocenters. The number of nitrogens with zero attached hydrogens (tertiary/aromatic N) is 5. The van der Waals surface area contributed by atoms with Crippen molar-refractivity contribution in [2.24, 2.45) is 0 Å². The van der Waals surface area contributed by atoms with Crippen molar-refractivity contribution < 1.29 is 14.3 Å². The Bertz CT molecular complexity index is 828. The van der Waals surface area contributed by atoms with Crippen molar-refractivity contribution in [2.45, 2.75) is 24.0 Å². The Morgan fingerprint density at radius 3 is 2.79 bits per heavy atom. The van der Waals surface area contributed by atoms with Gasteiger partial charge < -0.3 is 14.5 Å². The van der Waals surface area contributed by atoms with Gasteiger partial charge in [0.1, 0.15) is 0 Å². The summed E-state index contributed by atoms with van der Waals surface area (Å²) in [6.45, 7) is 2.39. The molecule has 2 aromatic heterocycles. The van der Waals surface area contributed by atoms with Crippen LogP contribution in [0.2, 0.25) is 0 Å². The molecule has 10 heteroatoms. The van der Waals surface area contributed by atoms with E-state index in [1.54, 1.807) is 23.3 Å². The van der Waals surface area contributed by atoms with Crippen molar-refractivity contribution >= 4 is 34.9 Å². The fourth-order valence-corrected chi connectivity index (χ4v) is 4.70. The molecule has 1 aliphatic heterocycles. The van der Waals surface area contributed by atoms with E-state index in [4.69, 9.17) is 4.74 Å². The minimum Gasteiger partial charge on any atom is -0.378 e. The molecule has 0 radical (unpaired) electrons. The van der Waals surface area contributed by atoms with Crippen molar-refractivity contribution in [3.05, 3.63) is 17.5 Å². The molecule has 2 amide bonds. The Kier molecular flexibility index (Phi) is 5.98. The second-order valence-electron chi connectivity index (χ2n) is 6.92. The first-order valence-corrected chi connectivity index (χ1v) is 11.2. The zero-order valence-electron chi connectivity index (χ0n) is 15.7. The van der Waals surface area contributed by atoms with Crippen LogP contribution in [0.25, 0.3) is 10.7 Å². The van der Waals surface area contributed by atoms with E-state index in [9.17, 15) is 9.59 Å². The van der Waals surface area contributed by atoms with Gasteiger partial charge in [-0.3, -0.25) is 14.2 Å². The molecule has 0 N–H and O–H groups in total. The van der Waals surface area contributed by atoms with E-state index in [1.807, 2.05) is 17.5 Å². The van der Waals surface area contributed by atoms with E-state index in [-0.39, 0.29) is 24.1 Å². The number of ether oxygens (including phenoxy) is 1. The molecule has 28 heavy (non-hydrogen) atoms. The molecule has 8 nitrogen and oxygen atoms in total. The maximum absolute atomic E-state index is 12.5. The van der Waals surface area contributed by atoms with Gasteiger partial charge in [-0.2, -0.15) is 0 Å². The molecule has 1 aliphatic carbocycles. The van der Waals surface area contributed by atoms with Crippen LogP contribution in [0, 0.1) is 0 Å². The first-order valence-electron chi connectivity index (χ1n) is 9.34. The summed E-state index contributed by atoms with van der Waals surface area (Å²) < 4.78 is 7.42. The Morgan fingerprint density at radius 1 is 1.32 bits per heavy atom. The molecule has 0 spiro atoms. The standard InChI is InChI=1S/C18H23N5O3S2/c1-21(11-15(24)22-6-8-26-9-7-22)16(25)12-28-18-20-19-17(14-3-2-10-27-14)23(18)13-4-5-13/h2-3,10,13H,4-9,11-12H2,1H3. The maximum Gasteiger partial charge on any atom is 0.242 e. The third kappa shape index (κ3) is 4.39. The van der Waals surface area contributed by atoms with Crippen LogP contribution in [-0.4, -0.2) is 82.0 Å². The molecule has 2 aromatic rings. The number of carbonyl (C=O) groups excluding carboxylic acids is 2. The molecule has 3 heterocycles. The Hall–Kier alpha value is -1.91. The van der Waals surface area contributed by atoms with Gasteiger partial charge in [-0.05, 0) is 24.3 Å².